The molecule has 2 aliphatic rings. The van der Waals surface area contributed by atoms with E-state index in [4.69, 9.17) is 37.4 Å². The van der Waals surface area contributed by atoms with Gasteiger partial charge in [0.05, 0.1) is 36.0 Å². The lowest BCUT2D eigenvalue weighted by Gasteiger charge is -2.32. The number of rotatable bonds is 5. The number of fused-ring (bicyclic) bond motifs is 1. The fourth-order valence-electron chi connectivity index (χ4n) is 3.63. The van der Waals surface area contributed by atoms with Crippen LogP contribution in [-0.2, 0) is 9.53 Å². The fraction of sp³-hybridized carbons (Fsp3) is 0.364. The van der Waals surface area contributed by atoms with Crippen molar-refractivity contribution in [2.75, 3.05) is 45.0 Å². The highest BCUT2D eigenvalue weighted by atomic mass is 35.5. The summed E-state index contributed by atoms with van der Waals surface area (Å²) in [5.41, 5.74) is 2.69. The van der Waals surface area contributed by atoms with E-state index in [0.717, 1.165) is 16.9 Å². The third kappa shape index (κ3) is 4.74. The summed E-state index contributed by atoms with van der Waals surface area (Å²) in [7, 11) is 1.60. The van der Waals surface area contributed by atoms with E-state index in [0.29, 0.717) is 54.5 Å². The number of hydrogen-bond donors (Lipinski definition) is 0. The van der Waals surface area contributed by atoms with Crippen molar-refractivity contribution in [1.82, 2.24) is 4.90 Å². The second-order valence-corrected chi connectivity index (χ2v) is 8.12. The monoisotopic (exact) mass is 463 g/mol. The molecule has 0 spiro atoms. The smallest absolute Gasteiger partial charge is 0.219 e. The van der Waals surface area contributed by atoms with Gasteiger partial charge in [-0.15, -0.1) is 0 Å². The quantitative estimate of drug-likeness (QED) is 0.665. The van der Waals surface area contributed by atoms with Crippen LogP contribution in [0.15, 0.2) is 35.3 Å². The van der Waals surface area contributed by atoms with Gasteiger partial charge < -0.3 is 24.0 Å². The van der Waals surface area contributed by atoms with Gasteiger partial charge in [0.1, 0.15) is 19.4 Å². The zero-order chi connectivity index (χ0) is 22.0. The molecule has 1 atom stereocenters. The number of methoxy groups -OCH3 is 1. The van der Waals surface area contributed by atoms with Crippen LogP contribution in [0.4, 0.5) is 11.4 Å². The van der Waals surface area contributed by atoms with E-state index in [-0.39, 0.29) is 12.0 Å². The molecule has 2 heterocycles. The Morgan fingerprint density at radius 3 is 2.81 bits per heavy atom. The molecule has 7 nitrogen and oxygen atoms in total. The molecule has 2 aromatic carbocycles. The molecule has 0 saturated carbocycles. The number of carbonyl (C=O) groups excluding carboxylic acids is 1. The number of amides is 1. The van der Waals surface area contributed by atoms with E-state index < -0.39 is 0 Å². The van der Waals surface area contributed by atoms with Gasteiger partial charge in [0.2, 0.25) is 5.91 Å². The summed E-state index contributed by atoms with van der Waals surface area (Å²) in [4.78, 5) is 19.9. The highest BCUT2D eigenvalue weighted by Gasteiger charge is 2.25. The molecule has 164 valence electrons. The molecule has 0 N–H and O–H groups in total. The molecule has 0 radical (unpaired) electrons. The summed E-state index contributed by atoms with van der Waals surface area (Å²) >= 11 is 12.3. The highest BCUT2D eigenvalue weighted by molar-refractivity contribution is 6.42. The first-order valence-corrected chi connectivity index (χ1v) is 10.7. The largest absolute Gasteiger partial charge is 0.493 e. The van der Waals surface area contributed by atoms with Gasteiger partial charge in [-0.25, -0.2) is 0 Å². The molecule has 9 heteroatoms. The second-order valence-electron chi connectivity index (χ2n) is 7.31. The first kappa shape index (κ1) is 21.7. The van der Waals surface area contributed by atoms with E-state index >= 15 is 0 Å². The number of aliphatic imine (C=N–C) groups is 1. The summed E-state index contributed by atoms with van der Waals surface area (Å²) in [5.74, 6) is 1.22. The lowest BCUT2D eigenvalue weighted by atomic mass is 10.1. The van der Waals surface area contributed by atoms with Crippen LogP contribution in [-0.4, -0.2) is 63.2 Å². The van der Waals surface area contributed by atoms with Crippen LogP contribution < -0.4 is 14.4 Å². The van der Waals surface area contributed by atoms with Gasteiger partial charge in [-0.1, -0.05) is 23.2 Å². The van der Waals surface area contributed by atoms with E-state index in [1.165, 1.54) is 0 Å². The molecule has 2 aliphatic heterocycles. The molecule has 1 unspecified atom stereocenters. The SMILES string of the molecule is COc1cc2c(cc1OCC1CN(C(C)=O)CCO1)N(c1ccc(Cl)c(Cl)c1)CN=C2. The molecule has 31 heavy (non-hydrogen) atoms. The zero-order valence-electron chi connectivity index (χ0n) is 17.3. The maximum absolute atomic E-state index is 11.7. The Morgan fingerprint density at radius 1 is 1.23 bits per heavy atom. The molecular weight excluding hydrogens is 441 g/mol. The van der Waals surface area contributed by atoms with Crippen LogP contribution >= 0.6 is 23.2 Å². The highest BCUT2D eigenvalue weighted by Crippen LogP contribution is 2.40. The number of anilines is 2. The Hall–Kier alpha value is -2.48. The van der Waals surface area contributed by atoms with Gasteiger partial charge in [0.15, 0.2) is 11.5 Å². The van der Waals surface area contributed by atoms with Crippen LogP contribution in [0, 0.1) is 0 Å². The van der Waals surface area contributed by atoms with Gasteiger partial charge >= 0.3 is 0 Å². The van der Waals surface area contributed by atoms with Crippen LogP contribution in [0.5, 0.6) is 11.5 Å². The van der Waals surface area contributed by atoms with Crippen molar-refractivity contribution in [2.24, 2.45) is 4.99 Å². The molecule has 1 saturated heterocycles. The minimum atomic E-state index is -0.203. The maximum atomic E-state index is 11.7. The maximum Gasteiger partial charge on any atom is 0.219 e. The Bertz CT molecular complexity index is 1010. The molecule has 0 aromatic heterocycles. The number of halogens is 2. The number of morpholine rings is 1. The first-order valence-electron chi connectivity index (χ1n) is 9.90. The van der Waals surface area contributed by atoms with Crippen LogP contribution in [0.25, 0.3) is 0 Å². The molecular formula is C22H23Cl2N3O4. The number of benzene rings is 2. The van der Waals surface area contributed by atoms with Crippen molar-refractivity contribution in [2.45, 2.75) is 13.0 Å². The van der Waals surface area contributed by atoms with E-state index in [1.807, 2.05) is 35.4 Å². The minimum absolute atomic E-state index is 0.0382. The van der Waals surface area contributed by atoms with E-state index in [2.05, 4.69) is 4.99 Å². The molecule has 0 bridgehead atoms. The summed E-state index contributed by atoms with van der Waals surface area (Å²) in [6.45, 7) is 3.91. The molecule has 4 rings (SSSR count). The topological polar surface area (TPSA) is 63.6 Å². The number of hydrogen-bond acceptors (Lipinski definition) is 6. The van der Waals surface area contributed by atoms with E-state index in [9.17, 15) is 4.79 Å². The minimum Gasteiger partial charge on any atom is -0.493 e. The third-order valence-electron chi connectivity index (χ3n) is 5.28. The van der Waals surface area contributed by atoms with Crippen LogP contribution in [0.2, 0.25) is 10.0 Å². The number of ether oxygens (including phenoxy) is 3. The molecule has 0 aliphatic carbocycles. The Morgan fingerprint density at radius 2 is 2.06 bits per heavy atom. The van der Waals surface area contributed by atoms with Gasteiger partial charge in [0, 0.05) is 37.0 Å². The standard InChI is InChI=1S/C22H23Cl2N3O4/c1-14(28)26-5-6-30-17(11-26)12-31-22-9-20-15(7-21(22)29-2)10-25-13-27(20)16-3-4-18(23)19(24)8-16/h3-4,7-10,17H,5-6,11-13H2,1-2H3. The van der Waals surface area contributed by atoms with Crippen molar-refractivity contribution in [3.05, 3.63) is 45.9 Å². The Labute approximate surface area is 191 Å². The lowest BCUT2D eigenvalue weighted by Crippen LogP contribution is -2.46. The summed E-state index contributed by atoms with van der Waals surface area (Å²) < 4.78 is 17.4. The molecule has 2 aromatic rings. The third-order valence-corrected chi connectivity index (χ3v) is 6.02. The second kappa shape index (κ2) is 9.34. The van der Waals surface area contributed by atoms with Crippen molar-refractivity contribution < 1.29 is 19.0 Å². The van der Waals surface area contributed by atoms with Crippen molar-refractivity contribution in [1.29, 1.82) is 0 Å². The van der Waals surface area contributed by atoms with Gasteiger partial charge in [-0.3, -0.25) is 9.79 Å². The average Bonchev–Trinajstić information content (AvgIpc) is 2.78. The summed E-state index contributed by atoms with van der Waals surface area (Å²) in [5, 5.41) is 0.974. The van der Waals surface area contributed by atoms with Crippen molar-refractivity contribution in [3.63, 3.8) is 0 Å². The average molecular weight is 464 g/mol. The first-order chi connectivity index (χ1) is 15.0. The van der Waals surface area contributed by atoms with Crippen LogP contribution in [0.1, 0.15) is 12.5 Å². The number of carbonyl (C=O) groups is 1. The lowest BCUT2D eigenvalue weighted by molar-refractivity contribution is -0.137. The predicted molar refractivity (Wildman–Crippen MR) is 122 cm³/mol. The zero-order valence-corrected chi connectivity index (χ0v) is 18.8. The van der Waals surface area contributed by atoms with Gasteiger partial charge in [-0.05, 0) is 24.3 Å². The summed E-state index contributed by atoms with van der Waals surface area (Å²) in [6, 6.07) is 9.29. The fourth-order valence-corrected chi connectivity index (χ4v) is 3.93. The molecule has 1 amide bonds. The van der Waals surface area contributed by atoms with Gasteiger partial charge in [-0.2, -0.15) is 0 Å². The van der Waals surface area contributed by atoms with Crippen molar-refractivity contribution in [3.8, 4) is 11.5 Å². The van der Waals surface area contributed by atoms with Gasteiger partial charge in [0.25, 0.3) is 0 Å². The number of nitrogens with zero attached hydrogens (tertiary/aromatic N) is 3. The predicted octanol–water partition coefficient (Wildman–Crippen LogP) is 4.16. The van der Waals surface area contributed by atoms with Crippen LogP contribution in [0.3, 0.4) is 0 Å². The van der Waals surface area contributed by atoms with E-state index in [1.54, 1.807) is 25.0 Å². The molecule has 1 fully saturated rings. The summed E-state index contributed by atoms with van der Waals surface area (Å²) in [6.07, 6.45) is 1.61. The normalized spacial score (nSPS) is 18.0. The Kier molecular flexibility index (Phi) is 6.55. The Balaban J connectivity index is 1.58. The van der Waals surface area contributed by atoms with Crippen molar-refractivity contribution >= 4 is 46.7 Å².